The van der Waals surface area contributed by atoms with E-state index >= 15 is 0 Å². The van der Waals surface area contributed by atoms with Gasteiger partial charge in [0, 0.05) is 34.8 Å². The van der Waals surface area contributed by atoms with Gasteiger partial charge >= 0.3 is 0 Å². The Hall–Kier alpha value is -1.37. The summed E-state index contributed by atoms with van der Waals surface area (Å²) in [4.78, 5) is 15.2. The van der Waals surface area contributed by atoms with Crippen LogP contribution in [0.3, 0.4) is 0 Å². The van der Waals surface area contributed by atoms with Crippen molar-refractivity contribution in [3.8, 4) is 0 Å². The molecule has 3 N–H and O–H groups in total. The molecule has 0 saturated carbocycles. The van der Waals surface area contributed by atoms with Crippen LogP contribution in [0.5, 0.6) is 0 Å². The number of fused-ring (bicyclic) bond motifs is 1. The molecule has 0 bridgehead atoms. The van der Waals surface area contributed by atoms with Gasteiger partial charge in [0.2, 0.25) is 0 Å². The monoisotopic (exact) mass is 327 g/mol. The Labute approximate surface area is 131 Å². The van der Waals surface area contributed by atoms with Crippen molar-refractivity contribution >= 4 is 39.4 Å². The SMILES string of the molecule is CC(CCNS(C)=O)NC(=O)c1cc2cc(Cl)ccc2[nH]1. The number of H-pyrrole nitrogens is 1. The van der Waals surface area contributed by atoms with E-state index in [0.29, 0.717) is 23.7 Å². The van der Waals surface area contributed by atoms with Crippen molar-refractivity contribution in [1.29, 1.82) is 0 Å². The topological polar surface area (TPSA) is 74.0 Å². The van der Waals surface area contributed by atoms with Crippen LogP contribution < -0.4 is 10.0 Å². The summed E-state index contributed by atoms with van der Waals surface area (Å²) in [5, 5.41) is 4.45. The van der Waals surface area contributed by atoms with Crippen LogP contribution in [0.1, 0.15) is 23.8 Å². The lowest BCUT2D eigenvalue weighted by Crippen LogP contribution is -2.35. The molecule has 0 spiro atoms. The number of aromatic amines is 1. The number of hydrogen-bond acceptors (Lipinski definition) is 2. The van der Waals surface area contributed by atoms with E-state index in [-0.39, 0.29) is 11.9 Å². The largest absolute Gasteiger partial charge is 0.351 e. The van der Waals surface area contributed by atoms with Crippen molar-refractivity contribution in [2.45, 2.75) is 19.4 Å². The first-order chi connectivity index (χ1) is 9.95. The van der Waals surface area contributed by atoms with E-state index in [9.17, 15) is 9.00 Å². The molecule has 7 heteroatoms. The molecule has 0 aliphatic rings. The number of carbonyl (C=O) groups excluding carboxylic acids is 1. The molecule has 0 saturated heterocycles. The molecule has 1 aromatic carbocycles. The maximum atomic E-state index is 12.2. The summed E-state index contributed by atoms with van der Waals surface area (Å²) in [6.07, 6.45) is 2.29. The zero-order valence-corrected chi connectivity index (χ0v) is 13.5. The lowest BCUT2D eigenvalue weighted by molar-refractivity contribution is 0.0934. The van der Waals surface area contributed by atoms with Crippen LogP contribution in [0, 0.1) is 0 Å². The minimum absolute atomic E-state index is 0.0106. The second kappa shape index (κ2) is 7.06. The molecule has 2 rings (SSSR count). The minimum Gasteiger partial charge on any atom is -0.351 e. The van der Waals surface area contributed by atoms with E-state index in [2.05, 4.69) is 15.0 Å². The van der Waals surface area contributed by atoms with Crippen molar-refractivity contribution < 1.29 is 9.00 Å². The van der Waals surface area contributed by atoms with Crippen molar-refractivity contribution in [2.75, 3.05) is 12.8 Å². The quantitative estimate of drug-likeness (QED) is 0.761. The van der Waals surface area contributed by atoms with E-state index in [4.69, 9.17) is 11.6 Å². The van der Waals surface area contributed by atoms with Gasteiger partial charge in [-0.25, -0.2) is 8.93 Å². The lowest BCUT2D eigenvalue weighted by atomic mass is 10.2. The third kappa shape index (κ3) is 4.56. The zero-order valence-electron chi connectivity index (χ0n) is 11.9. The third-order valence-electron chi connectivity index (χ3n) is 3.09. The predicted molar refractivity (Wildman–Crippen MR) is 86.9 cm³/mol. The molecule has 0 aliphatic carbocycles. The van der Waals surface area contributed by atoms with Crippen LogP contribution in [0.2, 0.25) is 5.02 Å². The molecule has 0 fully saturated rings. The first kappa shape index (κ1) is 16.0. The summed E-state index contributed by atoms with van der Waals surface area (Å²) < 4.78 is 13.7. The zero-order chi connectivity index (χ0) is 15.4. The molecule has 2 atom stereocenters. The molecule has 1 amide bonds. The van der Waals surface area contributed by atoms with Gasteiger partial charge in [0.25, 0.3) is 5.91 Å². The summed E-state index contributed by atoms with van der Waals surface area (Å²) in [6, 6.07) is 7.21. The molecule has 0 radical (unpaired) electrons. The molecule has 1 aromatic heterocycles. The highest BCUT2D eigenvalue weighted by Gasteiger charge is 2.12. The number of amides is 1. The van der Waals surface area contributed by atoms with Crippen molar-refractivity contribution in [2.24, 2.45) is 0 Å². The molecule has 21 heavy (non-hydrogen) atoms. The Balaban J connectivity index is 1.96. The Morgan fingerprint density at radius 2 is 2.19 bits per heavy atom. The van der Waals surface area contributed by atoms with Crippen LogP contribution in [-0.2, 0) is 11.0 Å². The Morgan fingerprint density at radius 3 is 2.90 bits per heavy atom. The maximum Gasteiger partial charge on any atom is 0.267 e. The average Bonchev–Trinajstić information content (AvgIpc) is 2.81. The predicted octanol–water partition coefficient (Wildman–Crippen LogP) is 2.21. The standard InChI is InChI=1S/C14H18ClN3O2S/c1-9(5-6-16-21(2)20)17-14(19)13-8-10-7-11(15)3-4-12(10)18-13/h3-4,7-9,16,18H,5-6H2,1-2H3,(H,17,19). The summed E-state index contributed by atoms with van der Waals surface area (Å²) >= 11 is 5.93. The summed E-state index contributed by atoms with van der Waals surface area (Å²) in [6.45, 7) is 2.50. The molecule has 114 valence electrons. The number of carbonyl (C=O) groups is 1. The highest BCUT2D eigenvalue weighted by Crippen LogP contribution is 2.20. The fraction of sp³-hybridized carbons (Fsp3) is 0.357. The highest BCUT2D eigenvalue weighted by atomic mass is 35.5. The maximum absolute atomic E-state index is 12.2. The summed E-state index contributed by atoms with van der Waals surface area (Å²) in [5.74, 6) is -0.160. The first-order valence-electron chi connectivity index (χ1n) is 6.62. The molecule has 2 unspecified atom stereocenters. The lowest BCUT2D eigenvalue weighted by Gasteiger charge is -2.12. The van der Waals surface area contributed by atoms with Crippen LogP contribution in [-0.4, -0.2) is 33.9 Å². The Morgan fingerprint density at radius 1 is 1.43 bits per heavy atom. The second-order valence-corrected chi connectivity index (χ2v) is 6.56. The molecule has 2 aromatic rings. The van der Waals surface area contributed by atoms with E-state index in [1.165, 1.54) is 0 Å². The highest BCUT2D eigenvalue weighted by molar-refractivity contribution is 7.82. The van der Waals surface area contributed by atoms with Crippen LogP contribution >= 0.6 is 11.6 Å². The van der Waals surface area contributed by atoms with Gasteiger partial charge in [-0.1, -0.05) is 11.6 Å². The number of halogens is 1. The Kier molecular flexibility index (Phi) is 5.39. The fourth-order valence-electron chi connectivity index (χ4n) is 2.02. The molecular weight excluding hydrogens is 310 g/mol. The van der Waals surface area contributed by atoms with Gasteiger partial charge in [0.1, 0.15) is 5.69 Å². The minimum atomic E-state index is -1.02. The number of nitrogens with one attached hydrogen (secondary N) is 3. The van der Waals surface area contributed by atoms with Crippen LogP contribution in [0.25, 0.3) is 10.9 Å². The van der Waals surface area contributed by atoms with Gasteiger partial charge in [-0.2, -0.15) is 0 Å². The molecule has 5 nitrogen and oxygen atoms in total. The van der Waals surface area contributed by atoms with Crippen LogP contribution in [0.4, 0.5) is 0 Å². The average molecular weight is 328 g/mol. The smallest absolute Gasteiger partial charge is 0.267 e. The van der Waals surface area contributed by atoms with Crippen molar-refractivity contribution in [1.82, 2.24) is 15.0 Å². The number of rotatable bonds is 6. The van der Waals surface area contributed by atoms with Gasteiger partial charge < -0.3 is 10.3 Å². The summed E-state index contributed by atoms with van der Waals surface area (Å²) in [5.41, 5.74) is 1.38. The van der Waals surface area contributed by atoms with Crippen LogP contribution in [0.15, 0.2) is 24.3 Å². The second-order valence-electron chi connectivity index (χ2n) is 4.93. The van der Waals surface area contributed by atoms with E-state index in [1.54, 1.807) is 18.4 Å². The van der Waals surface area contributed by atoms with E-state index in [0.717, 1.165) is 10.9 Å². The number of benzene rings is 1. The molecule has 1 heterocycles. The molecule has 0 aliphatic heterocycles. The van der Waals surface area contributed by atoms with Gasteiger partial charge in [-0.3, -0.25) is 4.79 Å². The first-order valence-corrected chi connectivity index (χ1v) is 8.55. The summed E-state index contributed by atoms with van der Waals surface area (Å²) in [7, 11) is -1.02. The molecular formula is C14H18ClN3O2S. The van der Waals surface area contributed by atoms with Gasteiger partial charge in [-0.05, 0) is 37.6 Å². The van der Waals surface area contributed by atoms with Crippen molar-refractivity contribution in [3.05, 3.63) is 35.0 Å². The fourth-order valence-corrected chi connectivity index (χ4v) is 2.60. The van der Waals surface area contributed by atoms with E-state index < -0.39 is 11.0 Å². The Bertz CT molecular complexity index is 671. The van der Waals surface area contributed by atoms with Gasteiger partial charge in [0.15, 0.2) is 0 Å². The third-order valence-corrected chi connectivity index (χ3v) is 3.93. The number of aromatic nitrogens is 1. The van der Waals surface area contributed by atoms with E-state index in [1.807, 2.05) is 19.1 Å². The van der Waals surface area contributed by atoms with Crippen molar-refractivity contribution in [3.63, 3.8) is 0 Å². The van der Waals surface area contributed by atoms with Gasteiger partial charge in [-0.15, -0.1) is 0 Å². The van der Waals surface area contributed by atoms with Gasteiger partial charge in [0.05, 0.1) is 11.0 Å². The normalized spacial score (nSPS) is 14.0. The number of hydrogen-bond donors (Lipinski definition) is 3.